The second-order valence-corrected chi connectivity index (χ2v) is 15.8. The summed E-state index contributed by atoms with van der Waals surface area (Å²) in [6.45, 7) is 0. The lowest BCUT2D eigenvalue weighted by atomic mass is 9.87. The van der Waals surface area contributed by atoms with E-state index in [4.69, 9.17) is 29.9 Å². The molecule has 0 fully saturated rings. The van der Waals surface area contributed by atoms with E-state index in [1.165, 1.54) is 0 Å². The predicted molar refractivity (Wildman–Crippen MR) is 268 cm³/mol. The molecule has 0 radical (unpaired) electrons. The van der Waals surface area contributed by atoms with Crippen LogP contribution >= 0.6 is 0 Å². The Bertz CT molecular complexity index is 3380. The second kappa shape index (κ2) is 18.0. The van der Waals surface area contributed by atoms with Gasteiger partial charge in [0.1, 0.15) is 0 Å². The van der Waals surface area contributed by atoms with E-state index in [1.54, 1.807) is 0 Å². The zero-order valence-electron chi connectivity index (χ0n) is 35.8. The Hall–Kier alpha value is -9.00. The molecule has 66 heavy (non-hydrogen) atoms. The van der Waals surface area contributed by atoms with Crippen molar-refractivity contribution in [1.82, 2.24) is 29.9 Å². The number of benzene rings is 8. The summed E-state index contributed by atoms with van der Waals surface area (Å²) in [6, 6.07) is 80.9. The standard InChI is InChI=1S/C60H40N6/c1-5-20-41(21-6-1)47-28-13-15-30-50(47)55-40-54(43-22-7-2-8-23-43)62-60(63-55)52-31-16-14-29-49(52)51-33-19-32-48(56(51)53-34-17-18-39-61-53)42-35-37-46(38-36-42)59-65-57(44-24-9-3-10-25-44)64-58(66-59)45-26-11-4-12-27-45/h1-40H. The van der Waals surface area contributed by atoms with Gasteiger partial charge in [-0.25, -0.2) is 24.9 Å². The van der Waals surface area contributed by atoms with E-state index in [0.29, 0.717) is 23.3 Å². The summed E-state index contributed by atoms with van der Waals surface area (Å²) in [5.41, 5.74) is 15.6. The highest BCUT2D eigenvalue weighted by atomic mass is 15.0. The summed E-state index contributed by atoms with van der Waals surface area (Å²) in [6.07, 6.45) is 1.85. The summed E-state index contributed by atoms with van der Waals surface area (Å²) in [5.74, 6) is 2.48. The fraction of sp³-hybridized carbons (Fsp3) is 0. The third kappa shape index (κ3) is 8.07. The van der Waals surface area contributed by atoms with Gasteiger partial charge in [-0.3, -0.25) is 4.98 Å². The quantitative estimate of drug-likeness (QED) is 0.136. The third-order valence-corrected chi connectivity index (χ3v) is 11.7. The van der Waals surface area contributed by atoms with E-state index in [0.717, 1.165) is 89.4 Å². The second-order valence-electron chi connectivity index (χ2n) is 15.8. The zero-order chi connectivity index (χ0) is 44.1. The molecule has 8 aromatic carbocycles. The average molecular weight is 845 g/mol. The Morgan fingerprint density at radius 2 is 0.636 bits per heavy atom. The lowest BCUT2D eigenvalue weighted by molar-refractivity contribution is 1.07. The summed E-state index contributed by atoms with van der Waals surface area (Å²) >= 11 is 0. The Kier molecular flexibility index (Phi) is 10.9. The highest BCUT2D eigenvalue weighted by Crippen LogP contribution is 2.43. The van der Waals surface area contributed by atoms with Gasteiger partial charge >= 0.3 is 0 Å². The van der Waals surface area contributed by atoms with Gasteiger partial charge in [0.25, 0.3) is 0 Å². The molecule has 0 aliphatic rings. The van der Waals surface area contributed by atoms with E-state index in [9.17, 15) is 0 Å². The van der Waals surface area contributed by atoms with Gasteiger partial charge in [-0.15, -0.1) is 0 Å². The maximum Gasteiger partial charge on any atom is 0.164 e. The molecule has 0 saturated carbocycles. The Labute approximate surface area is 383 Å². The molecule has 0 amide bonds. The monoisotopic (exact) mass is 844 g/mol. The van der Waals surface area contributed by atoms with E-state index in [1.807, 2.05) is 103 Å². The molecule has 0 saturated heterocycles. The first kappa shape index (κ1) is 39.8. The van der Waals surface area contributed by atoms with Gasteiger partial charge in [-0.2, -0.15) is 0 Å². The maximum absolute atomic E-state index is 5.40. The van der Waals surface area contributed by atoms with Crippen molar-refractivity contribution in [2.45, 2.75) is 0 Å². The molecule has 310 valence electrons. The number of hydrogen-bond acceptors (Lipinski definition) is 6. The number of hydrogen-bond donors (Lipinski definition) is 0. The molecular weight excluding hydrogens is 805 g/mol. The van der Waals surface area contributed by atoms with Crippen LogP contribution in [-0.2, 0) is 0 Å². The smallest absolute Gasteiger partial charge is 0.164 e. The van der Waals surface area contributed by atoms with Crippen LogP contribution in [0.2, 0.25) is 0 Å². The Morgan fingerprint density at radius 1 is 0.212 bits per heavy atom. The lowest BCUT2D eigenvalue weighted by Crippen LogP contribution is -2.00. The Balaban J connectivity index is 1.05. The van der Waals surface area contributed by atoms with Crippen LogP contribution in [0.3, 0.4) is 0 Å². The first-order valence-corrected chi connectivity index (χ1v) is 21.9. The molecule has 11 aromatic rings. The minimum Gasteiger partial charge on any atom is -0.256 e. The van der Waals surface area contributed by atoms with Gasteiger partial charge in [-0.05, 0) is 51.6 Å². The maximum atomic E-state index is 5.40. The fourth-order valence-corrected chi connectivity index (χ4v) is 8.49. The van der Waals surface area contributed by atoms with E-state index in [-0.39, 0.29) is 0 Å². The molecule has 0 spiro atoms. The molecule has 0 aliphatic carbocycles. The average Bonchev–Trinajstić information content (AvgIpc) is 3.41. The number of pyridine rings is 1. The predicted octanol–water partition coefficient (Wildman–Crippen LogP) is 14.7. The first-order valence-electron chi connectivity index (χ1n) is 21.9. The van der Waals surface area contributed by atoms with Crippen molar-refractivity contribution in [2.24, 2.45) is 0 Å². The van der Waals surface area contributed by atoms with Crippen molar-refractivity contribution in [3.8, 4) is 113 Å². The molecule has 3 aromatic heterocycles. The highest BCUT2D eigenvalue weighted by molar-refractivity contribution is 5.97. The van der Waals surface area contributed by atoms with Crippen LogP contribution in [-0.4, -0.2) is 29.9 Å². The van der Waals surface area contributed by atoms with Crippen molar-refractivity contribution in [3.05, 3.63) is 243 Å². The molecule has 11 rings (SSSR count). The molecule has 0 aliphatic heterocycles. The minimum absolute atomic E-state index is 0.602. The SMILES string of the molecule is c1ccc(-c2cc(-c3ccccc3-c3ccccc3)nc(-c3ccccc3-c3cccc(-c4ccc(-c5nc(-c6ccccc6)nc(-c6ccccc6)n5)cc4)c3-c3ccccn3)n2)cc1. The van der Waals surface area contributed by atoms with Crippen molar-refractivity contribution in [2.75, 3.05) is 0 Å². The molecule has 6 heteroatoms. The Morgan fingerprint density at radius 3 is 1.23 bits per heavy atom. The molecule has 6 nitrogen and oxygen atoms in total. The molecule has 0 bridgehead atoms. The van der Waals surface area contributed by atoms with Gasteiger partial charge in [0.05, 0.1) is 17.1 Å². The normalized spacial score (nSPS) is 11.0. The molecule has 0 unspecified atom stereocenters. The van der Waals surface area contributed by atoms with Crippen LogP contribution < -0.4 is 0 Å². The summed E-state index contributed by atoms with van der Waals surface area (Å²) in [4.78, 5) is 30.5. The van der Waals surface area contributed by atoms with E-state index >= 15 is 0 Å². The zero-order valence-corrected chi connectivity index (χ0v) is 35.8. The number of aromatic nitrogens is 6. The van der Waals surface area contributed by atoms with Crippen LogP contribution in [0.1, 0.15) is 0 Å². The number of rotatable bonds is 10. The van der Waals surface area contributed by atoms with Gasteiger partial charge < -0.3 is 0 Å². The van der Waals surface area contributed by atoms with Crippen molar-refractivity contribution in [3.63, 3.8) is 0 Å². The van der Waals surface area contributed by atoms with Crippen LogP contribution in [0, 0.1) is 0 Å². The first-order chi connectivity index (χ1) is 32.7. The van der Waals surface area contributed by atoms with Crippen molar-refractivity contribution in [1.29, 1.82) is 0 Å². The topological polar surface area (TPSA) is 77.3 Å². The van der Waals surface area contributed by atoms with Crippen molar-refractivity contribution >= 4 is 0 Å². The summed E-state index contributed by atoms with van der Waals surface area (Å²) in [7, 11) is 0. The lowest BCUT2D eigenvalue weighted by Gasteiger charge is -2.18. The fourth-order valence-electron chi connectivity index (χ4n) is 8.49. The molecule has 0 atom stereocenters. The minimum atomic E-state index is 0.602. The van der Waals surface area contributed by atoms with E-state index in [2.05, 4.69) is 140 Å². The van der Waals surface area contributed by atoms with Crippen LogP contribution in [0.15, 0.2) is 243 Å². The van der Waals surface area contributed by atoms with Crippen LogP contribution in [0.5, 0.6) is 0 Å². The summed E-state index contributed by atoms with van der Waals surface area (Å²) < 4.78 is 0. The van der Waals surface area contributed by atoms with Gasteiger partial charge in [0.15, 0.2) is 23.3 Å². The molecule has 0 N–H and O–H groups in total. The van der Waals surface area contributed by atoms with Gasteiger partial charge in [-0.1, -0.05) is 218 Å². The van der Waals surface area contributed by atoms with Crippen LogP contribution in [0.25, 0.3) is 113 Å². The summed E-state index contributed by atoms with van der Waals surface area (Å²) in [5, 5.41) is 0. The van der Waals surface area contributed by atoms with Crippen LogP contribution in [0.4, 0.5) is 0 Å². The van der Waals surface area contributed by atoms with Gasteiger partial charge in [0.2, 0.25) is 0 Å². The number of nitrogens with zero attached hydrogens (tertiary/aromatic N) is 6. The van der Waals surface area contributed by atoms with Crippen molar-refractivity contribution < 1.29 is 0 Å². The molecule has 3 heterocycles. The third-order valence-electron chi connectivity index (χ3n) is 11.7. The molecular formula is C60H40N6. The highest BCUT2D eigenvalue weighted by Gasteiger charge is 2.21. The largest absolute Gasteiger partial charge is 0.256 e. The van der Waals surface area contributed by atoms with Gasteiger partial charge in [0, 0.05) is 45.1 Å². The van der Waals surface area contributed by atoms with E-state index < -0.39 is 0 Å².